The van der Waals surface area contributed by atoms with Crippen molar-refractivity contribution in [1.29, 1.82) is 0 Å². The Labute approximate surface area is 132 Å². The van der Waals surface area contributed by atoms with Gasteiger partial charge in [0, 0.05) is 18.8 Å². The molecule has 1 aromatic heterocycles. The number of aromatic nitrogens is 1. The molecule has 0 aliphatic rings. The van der Waals surface area contributed by atoms with Gasteiger partial charge in [-0.1, -0.05) is 0 Å². The number of nitrogens with one attached hydrogen (secondary N) is 2. The van der Waals surface area contributed by atoms with Crippen LogP contribution < -0.4 is 15.4 Å². The van der Waals surface area contributed by atoms with Crippen molar-refractivity contribution in [2.45, 2.75) is 6.92 Å². The first-order chi connectivity index (χ1) is 11.0. The average Bonchev–Trinajstić information content (AvgIpc) is 2.55. The molecular formula is C16H16FN3O3. The van der Waals surface area contributed by atoms with Gasteiger partial charge < -0.3 is 15.4 Å². The monoisotopic (exact) mass is 317 g/mol. The van der Waals surface area contributed by atoms with Gasteiger partial charge in [0.1, 0.15) is 5.75 Å². The predicted octanol–water partition coefficient (Wildman–Crippen LogP) is 2.15. The molecule has 23 heavy (non-hydrogen) atoms. The minimum atomic E-state index is -0.640. The second-order valence-electron chi connectivity index (χ2n) is 4.73. The first-order valence-electron chi connectivity index (χ1n) is 6.80. The van der Waals surface area contributed by atoms with Crippen LogP contribution in [0.1, 0.15) is 26.3 Å². The van der Waals surface area contributed by atoms with Gasteiger partial charge in [-0.05, 0) is 36.8 Å². The van der Waals surface area contributed by atoms with Crippen molar-refractivity contribution in [2.75, 3.05) is 19.5 Å². The molecule has 2 N–H and O–H groups in total. The molecule has 0 aliphatic carbocycles. The molecule has 2 aromatic rings. The van der Waals surface area contributed by atoms with E-state index in [-0.39, 0.29) is 22.9 Å². The average molecular weight is 317 g/mol. The fourth-order valence-electron chi connectivity index (χ4n) is 2.06. The summed E-state index contributed by atoms with van der Waals surface area (Å²) in [6.45, 7) is 1.69. The number of carbonyl (C=O) groups is 2. The minimum absolute atomic E-state index is 0.172. The molecule has 1 heterocycles. The van der Waals surface area contributed by atoms with Gasteiger partial charge >= 0.3 is 0 Å². The molecule has 1 aromatic carbocycles. The van der Waals surface area contributed by atoms with E-state index in [4.69, 9.17) is 4.74 Å². The number of halogens is 1. The third kappa shape index (κ3) is 3.45. The zero-order chi connectivity index (χ0) is 17.0. The van der Waals surface area contributed by atoms with Crippen molar-refractivity contribution in [2.24, 2.45) is 0 Å². The van der Waals surface area contributed by atoms with Crippen molar-refractivity contribution < 1.29 is 18.7 Å². The number of aryl methyl sites for hydroxylation is 1. The molecule has 2 amide bonds. The Hall–Kier alpha value is -2.96. The van der Waals surface area contributed by atoms with Crippen LogP contribution in [0.4, 0.5) is 10.2 Å². The van der Waals surface area contributed by atoms with Crippen LogP contribution in [0.5, 0.6) is 5.75 Å². The van der Waals surface area contributed by atoms with Gasteiger partial charge in [0.15, 0.2) is 11.6 Å². The summed E-state index contributed by atoms with van der Waals surface area (Å²) in [6.07, 6.45) is 1.37. The van der Waals surface area contributed by atoms with E-state index in [1.54, 1.807) is 13.0 Å². The zero-order valence-corrected chi connectivity index (χ0v) is 12.9. The molecule has 7 heteroatoms. The molecule has 0 unspecified atom stereocenters. The van der Waals surface area contributed by atoms with Crippen molar-refractivity contribution in [3.63, 3.8) is 0 Å². The highest BCUT2D eigenvalue weighted by atomic mass is 19.1. The molecule has 0 atom stereocenters. The number of anilines is 1. The summed E-state index contributed by atoms with van der Waals surface area (Å²) >= 11 is 0. The number of amides is 2. The number of rotatable bonds is 4. The van der Waals surface area contributed by atoms with E-state index >= 15 is 0 Å². The highest BCUT2D eigenvalue weighted by Crippen LogP contribution is 2.24. The number of pyridine rings is 1. The topological polar surface area (TPSA) is 80.3 Å². The van der Waals surface area contributed by atoms with Crippen LogP contribution >= 0.6 is 0 Å². The second kappa shape index (κ2) is 6.87. The molecule has 0 aliphatic heterocycles. The van der Waals surface area contributed by atoms with Crippen molar-refractivity contribution in [3.05, 3.63) is 53.0 Å². The number of hydrogen-bond acceptors (Lipinski definition) is 4. The highest BCUT2D eigenvalue weighted by Gasteiger charge is 2.19. The Kier molecular flexibility index (Phi) is 4.90. The summed E-state index contributed by atoms with van der Waals surface area (Å²) in [4.78, 5) is 28.0. The van der Waals surface area contributed by atoms with Crippen LogP contribution in [-0.2, 0) is 0 Å². The molecule has 2 rings (SSSR count). The molecule has 0 saturated carbocycles. The molecule has 0 fully saturated rings. The lowest BCUT2D eigenvalue weighted by molar-refractivity contribution is 0.0960. The van der Waals surface area contributed by atoms with Gasteiger partial charge in [-0.2, -0.15) is 0 Å². The lowest BCUT2D eigenvalue weighted by Gasteiger charge is -2.13. The molecule has 120 valence electrons. The van der Waals surface area contributed by atoms with E-state index in [1.165, 1.54) is 38.6 Å². The van der Waals surface area contributed by atoms with Crippen LogP contribution in [0, 0.1) is 12.7 Å². The zero-order valence-electron chi connectivity index (χ0n) is 12.9. The van der Waals surface area contributed by atoms with Crippen LogP contribution in [0.3, 0.4) is 0 Å². The Balaban J connectivity index is 2.40. The van der Waals surface area contributed by atoms with E-state index in [2.05, 4.69) is 15.6 Å². The summed E-state index contributed by atoms with van der Waals surface area (Å²) in [7, 11) is 2.91. The standard InChI is InChI=1S/C16H16FN3O3/c1-9-7-13(23-3)11(15(21)18-2)8-10(9)16(22)20-14-12(17)5-4-6-19-14/h4-8H,1-3H3,(H,18,21)(H,19,20,22). The third-order valence-corrected chi connectivity index (χ3v) is 3.25. The Morgan fingerprint density at radius 1 is 1.22 bits per heavy atom. The van der Waals surface area contributed by atoms with Crippen LogP contribution in [0.2, 0.25) is 0 Å². The molecule has 0 saturated heterocycles. The summed E-state index contributed by atoms with van der Waals surface area (Å²) in [5.41, 5.74) is 1.03. The quantitative estimate of drug-likeness (QED) is 0.905. The van der Waals surface area contributed by atoms with Crippen molar-refractivity contribution in [1.82, 2.24) is 10.3 Å². The maximum Gasteiger partial charge on any atom is 0.257 e. The molecule has 6 nitrogen and oxygen atoms in total. The Morgan fingerprint density at radius 3 is 2.57 bits per heavy atom. The number of nitrogens with zero attached hydrogens (tertiary/aromatic N) is 1. The lowest BCUT2D eigenvalue weighted by Crippen LogP contribution is -2.21. The maximum atomic E-state index is 13.6. The molecule has 0 radical (unpaired) electrons. The molecule has 0 spiro atoms. The first-order valence-corrected chi connectivity index (χ1v) is 6.80. The van der Waals surface area contributed by atoms with Crippen LogP contribution in [-0.4, -0.2) is 31.0 Å². The molecule has 0 bridgehead atoms. The van der Waals surface area contributed by atoms with Gasteiger partial charge in [-0.15, -0.1) is 0 Å². The number of carbonyl (C=O) groups excluding carboxylic acids is 2. The first kappa shape index (κ1) is 16.4. The minimum Gasteiger partial charge on any atom is -0.496 e. The summed E-state index contributed by atoms with van der Waals surface area (Å²) in [6, 6.07) is 5.60. The highest BCUT2D eigenvalue weighted by molar-refractivity contribution is 6.07. The number of hydrogen-bond donors (Lipinski definition) is 2. The van der Waals surface area contributed by atoms with Crippen molar-refractivity contribution in [3.8, 4) is 5.75 Å². The second-order valence-corrected chi connectivity index (χ2v) is 4.73. The van der Waals surface area contributed by atoms with Gasteiger partial charge in [0.25, 0.3) is 11.8 Å². The van der Waals surface area contributed by atoms with E-state index in [0.717, 1.165) is 0 Å². The smallest absolute Gasteiger partial charge is 0.257 e. The van der Waals surface area contributed by atoms with Crippen LogP contribution in [0.15, 0.2) is 30.5 Å². The SMILES string of the molecule is CNC(=O)c1cc(C(=O)Nc2ncccc2F)c(C)cc1OC. The fraction of sp³-hybridized carbons (Fsp3) is 0.188. The van der Waals surface area contributed by atoms with Gasteiger partial charge in [0.05, 0.1) is 12.7 Å². The van der Waals surface area contributed by atoms with Gasteiger partial charge in [-0.25, -0.2) is 9.37 Å². The summed E-state index contributed by atoms with van der Waals surface area (Å²) in [5, 5.41) is 4.87. The van der Waals surface area contributed by atoms with Gasteiger partial charge in [0.2, 0.25) is 0 Å². The Bertz CT molecular complexity index is 762. The number of benzene rings is 1. The third-order valence-electron chi connectivity index (χ3n) is 3.25. The van der Waals surface area contributed by atoms with E-state index in [0.29, 0.717) is 11.3 Å². The van der Waals surface area contributed by atoms with E-state index < -0.39 is 11.7 Å². The van der Waals surface area contributed by atoms with Crippen LogP contribution in [0.25, 0.3) is 0 Å². The maximum absolute atomic E-state index is 13.6. The largest absolute Gasteiger partial charge is 0.496 e. The van der Waals surface area contributed by atoms with E-state index in [9.17, 15) is 14.0 Å². The lowest BCUT2D eigenvalue weighted by atomic mass is 10.0. The summed E-state index contributed by atoms with van der Waals surface area (Å²) < 4.78 is 18.7. The van der Waals surface area contributed by atoms with Crippen molar-refractivity contribution >= 4 is 17.6 Å². The number of methoxy groups -OCH3 is 1. The fourth-order valence-corrected chi connectivity index (χ4v) is 2.06. The van der Waals surface area contributed by atoms with E-state index in [1.807, 2.05) is 0 Å². The molecular weight excluding hydrogens is 301 g/mol. The van der Waals surface area contributed by atoms with Gasteiger partial charge in [-0.3, -0.25) is 9.59 Å². The number of ether oxygens (including phenoxy) is 1. The summed E-state index contributed by atoms with van der Waals surface area (Å²) in [5.74, 6) is -1.41. The normalized spacial score (nSPS) is 10.1. The predicted molar refractivity (Wildman–Crippen MR) is 83.3 cm³/mol. The Morgan fingerprint density at radius 2 is 1.96 bits per heavy atom.